The van der Waals surface area contributed by atoms with E-state index in [-0.39, 0.29) is 6.04 Å². The van der Waals surface area contributed by atoms with Crippen LogP contribution in [0.4, 0.5) is 0 Å². The molecule has 2 aromatic heterocycles. The van der Waals surface area contributed by atoms with Crippen molar-refractivity contribution >= 4 is 10.0 Å². The zero-order chi connectivity index (χ0) is 18.3. The molecule has 7 nitrogen and oxygen atoms in total. The SMILES string of the molecule is Cc1nc(-c2ccco2)cc([C@H]2CN3CC[C@H]2C[C@@H]3CNS(C)(=O)=O)n1. The lowest BCUT2D eigenvalue weighted by molar-refractivity contribution is 0.0317. The standard InChI is InChI=1S/C18H24N4O3S/c1-12-20-16(9-17(21-12)18-4-3-7-25-18)15-11-22-6-5-13(15)8-14(22)10-19-26(2,23)24/h3-4,7,9,13-15,19H,5-6,8,10-11H2,1-2H3/t13-,14+,15-/m0/s1. The van der Waals surface area contributed by atoms with Crippen LogP contribution in [0.3, 0.4) is 0 Å². The Kier molecular flexibility index (Phi) is 4.58. The van der Waals surface area contributed by atoms with Crippen LogP contribution in [0.15, 0.2) is 28.9 Å². The number of nitrogens with one attached hydrogen (secondary N) is 1. The van der Waals surface area contributed by atoms with Crippen molar-refractivity contribution in [3.63, 3.8) is 0 Å². The van der Waals surface area contributed by atoms with E-state index in [2.05, 4.69) is 14.6 Å². The number of fused-ring (bicyclic) bond motifs is 3. The monoisotopic (exact) mass is 376 g/mol. The second kappa shape index (κ2) is 6.75. The highest BCUT2D eigenvalue weighted by molar-refractivity contribution is 7.88. The highest BCUT2D eigenvalue weighted by Crippen LogP contribution is 2.41. The summed E-state index contributed by atoms with van der Waals surface area (Å²) in [6, 6.07) is 6.09. The summed E-state index contributed by atoms with van der Waals surface area (Å²) in [5, 5.41) is 0. The van der Waals surface area contributed by atoms with E-state index in [1.54, 1.807) is 6.26 Å². The molecular formula is C18H24N4O3S. The summed E-state index contributed by atoms with van der Waals surface area (Å²) in [6.07, 6.45) is 4.98. The minimum absolute atomic E-state index is 0.271. The van der Waals surface area contributed by atoms with Crippen LogP contribution < -0.4 is 4.72 Å². The Bertz CT molecular complexity index is 882. The van der Waals surface area contributed by atoms with Crippen LogP contribution >= 0.6 is 0 Å². The maximum atomic E-state index is 11.4. The Morgan fingerprint density at radius 3 is 2.88 bits per heavy atom. The van der Waals surface area contributed by atoms with E-state index in [0.29, 0.717) is 18.4 Å². The molecule has 140 valence electrons. The van der Waals surface area contributed by atoms with Gasteiger partial charge in [0.2, 0.25) is 10.0 Å². The highest BCUT2D eigenvalue weighted by atomic mass is 32.2. The fraction of sp³-hybridized carbons (Fsp3) is 0.556. The molecule has 5 heterocycles. The Morgan fingerprint density at radius 1 is 1.38 bits per heavy atom. The first-order chi connectivity index (χ1) is 12.4. The van der Waals surface area contributed by atoms with E-state index in [0.717, 1.165) is 48.9 Å². The summed E-state index contributed by atoms with van der Waals surface area (Å²) < 4.78 is 31.0. The van der Waals surface area contributed by atoms with E-state index in [1.165, 1.54) is 6.26 Å². The molecule has 26 heavy (non-hydrogen) atoms. The summed E-state index contributed by atoms with van der Waals surface area (Å²) in [5.41, 5.74) is 1.89. The van der Waals surface area contributed by atoms with Crippen molar-refractivity contribution in [3.05, 3.63) is 36.0 Å². The van der Waals surface area contributed by atoms with Crippen molar-refractivity contribution in [3.8, 4) is 11.5 Å². The molecule has 1 unspecified atom stereocenters. The average molecular weight is 376 g/mol. The fourth-order valence-electron chi connectivity index (χ4n) is 4.26. The third-order valence-corrected chi connectivity index (χ3v) is 6.16. The number of piperidine rings is 3. The van der Waals surface area contributed by atoms with Crippen LogP contribution in [0, 0.1) is 12.8 Å². The molecule has 0 radical (unpaired) electrons. The van der Waals surface area contributed by atoms with Gasteiger partial charge in [0.25, 0.3) is 0 Å². The van der Waals surface area contributed by atoms with Crippen LogP contribution in [0.5, 0.6) is 0 Å². The summed E-state index contributed by atoms with van der Waals surface area (Å²) in [7, 11) is -3.15. The lowest BCUT2D eigenvalue weighted by atomic mass is 9.74. The van der Waals surface area contributed by atoms with Crippen molar-refractivity contribution in [1.82, 2.24) is 19.6 Å². The zero-order valence-electron chi connectivity index (χ0n) is 15.1. The summed E-state index contributed by atoms with van der Waals surface area (Å²) in [5.74, 6) is 2.38. The second-order valence-corrected chi connectivity index (χ2v) is 9.20. The average Bonchev–Trinajstić information content (AvgIpc) is 3.14. The number of aromatic nitrogens is 2. The van der Waals surface area contributed by atoms with Crippen LogP contribution in [-0.2, 0) is 10.0 Å². The minimum Gasteiger partial charge on any atom is -0.463 e. The summed E-state index contributed by atoms with van der Waals surface area (Å²) >= 11 is 0. The molecule has 0 amide bonds. The fourth-order valence-corrected chi connectivity index (χ4v) is 4.76. The van der Waals surface area contributed by atoms with E-state index < -0.39 is 10.0 Å². The van der Waals surface area contributed by atoms with Gasteiger partial charge < -0.3 is 4.42 Å². The molecule has 2 bridgehead atoms. The van der Waals surface area contributed by atoms with Crippen LogP contribution in [-0.4, -0.2) is 55.2 Å². The molecule has 8 heteroatoms. The Labute approximate surface area is 153 Å². The van der Waals surface area contributed by atoms with Crippen molar-refractivity contribution in [1.29, 1.82) is 0 Å². The Hall–Kier alpha value is -1.77. The zero-order valence-corrected chi connectivity index (χ0v) is 15.9. The maximum absolute atomic E-state index is 11.4. The van der Waals surface area contributed by atoms with E-state index in [1.807, 2.05) is 25.1 Å². The van der Waals surface area contributed by atoms with E-state index in [4.69, 9.17) is 9.40 Å². The largest absolute Gasteiger partial charge is 0.463 e. The van der Waals surface area contributed by atoms with Crippen LogP contribution in [0.2, 0.25) is 0 Å². The van der Waals surface area contributed by atoms with Crippen LogP contribution in [0.1, 0.15) is 30.3 Å². The molecule has 1 N–H and O–H groups in total. The maximum Gasteiger partial charge on any atom is 0.208 e. The third kappa shape index (κ3) is 3.67. The predicted octanol–water partition coefficient (Wildman–Crippen LogP) is 1.77. The first kappa shape index (κ1) is 17.6. The molecule has 3 saturated heterocycles. The normalized spacial score (nSPS) is 28.4. The summed E-state index contributed by atoms with van der Waals surface area (Å²) in [4.78, 5) is 11.6. The number of aryl methyl sites for hydroxylation is 1. The van der Waals surface area contributed by atoms with Gasteiger partial charge in [0.15, 0.2) is 5.76 Å². The van der Waals surface area contributed by atoms with Gasteiger partial charge in [-0.25, -0.2) is 23.1 Å². The molecule has 3 aliphatic rings. The Morgan fingerprint density at radius 2 is 2.23 bits per heavy atom. The Balaban J connectivity index is 1.54. The van der Waals surface area contributed by atoms with E-state index >= 15 is 0 Å². The smallest absolute Gasteiger partial charge is 0.208 e. The molecule has 3 aliphatic heterocycles. The lowest BCUT2D eigenvalue weighted by Crippen LogP contribution is -2.56. The number of rotatable bonds is 5. The highest BCUT2D eigenvalue weighted by Gasteiger charge is 2.41. The van der Waals surface area contributed by atoms with Gasteiger partial charge in [-0.2, -0.15) is 0 Å². The van der Waals surface area contributed by atoms with Crippen molar-refractivity contribution in [2.75, 3.05) is 25.9 Å². The first-order valence-corrected chi connectivity index (χ1v) is 10.9. The topological polar surface area (TPSA) is 88.3 Å². The number of hydrogen-bond acceptors (Lipinski definition) is 6. The molecule has 0 spiro atoms. The van der Waals surface area contributed by atoms with Gasteiger partial charge in [0.05, 0.1) is 12.5 Å². The van der Waals surface area contributed by atoms with Gasteiger partial charge >= 0.3 is 0 Å². The van der Waals surface area contributed by atoms with Gasteiger partial charge in [-0.15, -0.1) is 0 Å². The molecule has 3 fully saturated rings. The van der Waals surface area contributed by atoms with Gasteiger partial charge in [0.1, 0.15) is 11.5 Å². The molecule has 0 saturated carbocycles. The van der Waals surface area contributed by atoms with Gasteiger partial charge in [-0.05, 0) is 50.4 Å². The van der Waals surface area contributed by atoms with Crippen molar-refractivity contribution in [2.24, 2.45) is 5.92 Å². The van der Waals surface area contributed by atoms with Gasteiger partial charge in [0, 0.05) is 30.7 Å². The molecular weight excluding hydrogens is 352 g/mol. The number of hydrogen-bond donors (Lipinski definition) is 1. The molecule has 0 aliphatic carbocycles. The van der Waals surface area contributed by atoms with E-state index in [9.17, 15) is 8.42 Å². The van der Waals surface area contributed by atoms with Crippen LogP contribution in [0.25, 0.3) is 11.5 Å². The first-order valence-electron chi connectivity index (χ1n) is 8.97. The van der Waals surface area contributed by atoms with Gasteiger partial charge in [-0.1, -0.05) is 0 Å². The molecule has 4 atom stereocenters. The lowest BCUT2D eigenvalue weighted by Gasteiger charge is -2.49. The third-order valence-electron chi connectivity index (χ3n) is 5.47. The number of nitrogens with zero attached hydrogens (tertiary/aromatic N) is 3. The van der Waals surface area contributed by atoms with Crippen molar-refractivity contribution < 1.29 is 12.8 Å². The molecule has 2 aromatic rings. The molecule has 5 rings (SSSR count). The molecule has 0 aromatic carbocycles. The van der Waals surface area contributed by atoms with Crippen molar-refractivity contribution in [2.45, 2.75) is 31.7 Å². The second-order valence-electron chi connectivity index (χ2n) is 7.36. The summed E-state index contributed by atoms with van der Waals surface area (Å²) in [6.45, 7) is 4.33. The van der Waals surface area contributed by atoms with Gasteiger partial charge in [-0.3, -0.25) is 4.90 Å². The predicted molar refractivity (Wildman–Crippen MR) is 98.1 cm³/mol. The number of sulfonamides is 1. The quantitative estimate of drug-likeness (QED) is 0.856. The minimum atomic E-state index is -3.15. The number of furan rings is 1.